The molecule has 3 rings (SSSR count). The maximum atomic E-state index is 12.3. The van der Waals surface area contributed by atoms with E-state index in [4.69, 9.17) is 16.4 Å². The van der Waals surface area contributed by atoms with Crippen LogP contribution in [0, 0.1) is 4.77 Å². The molecule has 0 bridgehead atoms. The first-order chi connectivity index (χ1) is 9.56. The van der Waals surface area contributed by atoms with E-state index in [0.717, 1.165) is 0 Å². The molecule has 1 aromatic heterocycles. The summed E-state index contributed by atoms with van der Waals surface area (Å²) in [6, 6.07) is 13.2. The van der Waals surface area contributed by atoms with E-state index >= 15 is 0 Å². The molecule has 0 atom stereocenters. The highest BCUT2D eigenvalue weighted by atomic mass is 32.2. The number of imidazole rings is 1. The number of nitrogens with one attached hydrogen (secondary N) is 2. The largest absolute Gasteiger partial charge is 0.379 e. The number of H-pyrrole nitrogens is 2. The molecule has 0 spiro atoms. The summed E-state index contributed by atoms with van der Waals surface area (Å²) < 4.78 is 30.1. The minimum Gasteiger partial charge on any atom is -0.379 e. The minimum atomic E-state index is -3.92. The predicted octanol–water partition coefficient (Wildman–Crippen LogP) is 2.99. The van der Waals surface area contributed by atoms with Crippen molar-refractivity contribution in [3.05, 3.63) is 53.3 Å². The lowest BCUT2D eigenvalue weighted by Gasteiger charge is -2.07. The molecule has 0 unspecified atom stereocenters. The lowest BCUT2D eigenvalue weighted by Crippen LogP contribution is -2.10. The number of rotatable bonds is 3. The van der Waals surface area contributed by atoms with Crippen LogP contribution in [0.5, 0.6) is 5.75 Å². The number of aromatic nitrogens is 2. The number of aromatic amines is 2. The van der Waals surface area contributed by atoms with Crippen LogP contribution in [-0.4, -0.2) is 18.4 Å². The standard InChI is InChI=1S/C13H10N2O3S2/c16-20(17,18-9-5-2-1-3-6-9)11-8-4-7-10-12(11)15-13(19)14-10/h1-8H,(H2,14,15,19). The van der Waals surface area contributed by atoms with Gasteiger partial charge in [0, 0.05) is 0 Å². The smallest absolute Gasteiger partial charge is 0.341 e. The number of para-hydroxylation sites is 2. The molecule has 5 nitrogen and oxygen atoms in total. The van der Waals surface area contributed by atoms with Gasteiger partial charge in [-0.1, -0.05) is 24.3 Å². The Balaban J connectivity index is 2.12. The lowest BCUT2D eigenvalue weighted by molar-refractivity contribution is 0.487. The van der Waals surface area contributed by atoms with Gasteiger partial charge in [-0.3, -0.25) is 0 Å². The molecule has 0 radical (unpaired) electrons. The average molecular weight is 306 g/mol. The zero-order valence-corrected chi connectivity index (χ0v) is 11.8. The van der Waals surface area contributed by atoms with E-state index in [1.54, 1.807) is 42.5 Å². The maximum Gasteiger partial charge on any atom is 0.341 e. The van der Waals surface area contributed by atoms with Gasteiger partial charge in [0.2, 0.25) is 0 Å². The first kappa shape index (κ1) is 12.9. The molecule has 0 fully saturated rings. The van der Waals surface area contributed by atoms with E-state index < -0.39 is 10.1 Å². The van der Waals surface area contributed by atoms with Crippen molar-refractivity contribution in [1.82, 2.24) is 9.97 Å². The van der Waals surface area contributed by atoms with Gasteiger partial charge in [-0.05, 0) is 36.5 Å². The molecule has 20 heavy (non-hydrogen) atoms. The van der Waals surface area contributed by atoms with Crippen molar-refractivity contribution in [2.24, 2.45) is 0 Å². The van der Waals surface area contributed by atoms with Crippen molar-refractivity contribution < 1.29 is 12.6 Å². The molecule has 0 aliphatic heterocycles. The molecule has 0 saturated heterocycles. The predicted molar refractivity (Wildman–Crippen MR) is 77.7 cm³/mol. The Morgan fingerprint density at radius 1 is 0.950 bits per heavy atom. The summed E-state index contributed by atoms with van der Waals surface area (Å²) >= 11 is 4.98. The van der Waals surface area contributed by atoms with Crippen LogP contribution < -0.4 is 4.18 Å². The van der Waals surface area contributed by atoms with Crippen LogP contribution in [0.15, 0.2) is 53.4 Å². The third-order valence-corrected chi connectivity index (χ3v) is 4.23. The number of benzene rings is 2. The second-order valence-corrected chi connectivity index (χ2v) is 6.03. The van der Waals surface area contributed by atoms with Crippen molar-refractivity contribution in [1.29, 1.82) is 0 Å². The normalized spacial score (nSPS) is 11.6. The van der Waals surface area contributed by atoms with Gasteiger partial charge >= 0.3 is 10.1 Å². The number of hydrogen-bond donors (Lipinski definition) is 2. The maximum absolute atomic E-state index is 12.3. The van der Waals surface area contributed by atoms with E-state index in [-0.39, 0.29) is 10.6 Å². The third kappa shape index (κ3) is 2.33. The number of hydrogen-bond acceptors (Lipinski definition) is 4. The molecule has 2 N–H and O–H groups in total. The highest BCUT2D eigenvalue weighted by Gasteiger charge is 2.20. The van der Waals surface area contributed by atoms with Gasteiger partial charge in [-0.2, -0.15) is 8.42 Å². The van der Waals surface area contributed by atoms with E-state index in [1.165, 1.54) is 6.07 Å². The van der Waals surface area contributed by atoms with Crippen LogP contribution in [0.2, 0.25) is 0 Å². The Morgan fingerprint density at radius 2 is 1.70 bits per heavy atom. The first-order valence-electron chi connectivity index (χ1n) is 5.77. The van der Waals surface area contributed by atoms with Crippen molar-refractivity contribution in [2.45, 2.75) is 4.90 Å². The van der Waals surface area contributed by atoms with E-state index in [2.05, 4.69) is 9.97 Å². The fourth-order valence-electron chi connectivity index (χ4n) is 1.89. The molecule has 102 valence electrons. The minimum absolute atomic E-state index is 0.0474. The Kier molecular flexibility index (Phi) is 3.07. The van der Waals surface area contributed by atoms with E-state index in [9.17, 15) is 8.42 Å². The van der Waals surface area contributed by atoms with Crippen molar-refractivity contribution in [3.63, 3.8) is 0 Å². The fourth-order valence-corrected chi connectivity index (χ4v) is 3.21. The van der Waals surface area contributed by atoms with Crippen LogP contribution in [-0.2, 0) is 10.1 Å². The van der Waals surface area contributed by atoms with Gasteiger partial charge in [-0.25, -0.2) is 0 Å². The summed E-state index contributed by atoms with van der Waals surface area (Å²) in [7, 11) is -3.92. The number of fused-ring (bicyclic) bond motifs is 1. The lowest BCUT2D eigenvalue weighted by atomic mass is 10.3. The third-order valence-electron chi connectivity index (χ3n) is 2.73. The van der Waals surface area contributed by atoms with Gasteiger partial charge in [0.05, 0.1) is 11.0 Å². The molecule has 0 aliphatic carbocycles. The Morgan fingerprint density at radius 3 is 2.45 bits per heavy atom. The molecule has 0 amide bonds. The topological polar surface area (TPSA) is 75.0 Å². The van der Waals surface area contributed by atoms with Gasteiger partial charge < -0.3 is 14.2 Å². The van der Waals surface area contributed by atoms with Crippen molar-refractivity contribution in [2.75, 3.05) is 0 Å². The highest BCUT2D eigenvalue weighted by molar-refractivity contribution is 7.87. The van der Waals surface area contributed by atoms with Crippen molar-refractivity contribution in [3.8, 4) is 5.75 Å². The SMILES string of the molecule is O=S(=O)(Oc1ccccc1)c1cccc2[nH]c(=S)[nH]c12. The Labute approximate surface area is 120 Å². The zero-order chi connectivity index (χ0) is 14.2. The summed E-state index contributed by atoms with van der Waals surface area (Å²) in [6.45, 7) is 0. The molecule has 0 aliphatic rings. The van der Waals surface area contributed by atoms with Crippen LogP contribution in [0.25, 0.3) is 11.0 Å². The fraction of sp³-hybridized carbons (Fsp3) is 0. The molecule has 3 aromatic rings. The quantitative estimate of drug-likeness (QED) is 0.576. The van der Waals surface area contributed by atoms with Crippen LogP contribution in [0.4, 0.5) is 0 Å². The van der Waals surface area contributed by atoms with E-state index in [1.807, 2.05) is 0 Å². The van der Waals surface area contributed by atoms with Crippen LogP contribution in [0.1, 0.15) is 0 Å². The summed E-state index contributed by atoms with van der Waals surface area (Å²) in [5.41, 5.74) is 1.03. The van der Waals surface area contributed by atoms with Gasteiger partial charge in [0.15, 0.2) is 4.77 Å². The first-order valence-corrected chi connectivity index (χ1v) is 7.58. The summed E-state index contributed by atoms with van der Waals surface area (Å²) in [5.74, 6) is 0.263. The van der Waals surface area contributed by atoms with Crippen molar-refractivity contribution >= 4 is 33.4 Å². The second-order valence-electron chi connectivity index (χ2n) is 4.11. The second kappa shape index (κ2) is 4.77. The molecular weight excluding hydrogens is 296 g/mol. The molecule has 2 aromatic carbocycles. The Bertz CT molecular complexity index is 911. The van der Waals surface area contributed by atoms with Crippen LogP contribution in [0.3, 0.4) is 0 Å². The molecule has 0 saturated carbocycles. The monoisotopic (exact) mass is 306 g/mol. The Hall–Kier alpha value is -2.12. The highest BCUT2D eigenvalue weighted by Crippen LogP contribution is 2.23. The van der Waals surface area contributed by atoms with Crippen LogP contribution >= 0.6 is 12.2 Å². The summed E-state index contributed by atoms with van der Waals surface area (Å²) in [5, 5.41) is 0. The van der Waals surface area contributed by atoms with Gasteiger partial charge in [0.25, 0.3) is 0 Å². The van der Waals surface area contributed by atoms with Gasteiger partial charge in [-0.15, -0.1) is 0 Å². The molecule has 1 heterocycles. The summed E-state index contributed by atoms with van der Waals surface area (Å²) in [4.78, 5) is 5.74. The summed E-state index contributed by atoms with van der Waals surface area (Å²) in [6.07, 6.45) is 0. The average Bonchev–Trinajstić information content (AvgIpc) is 2.79. The van der Waals surface area contributed by atoms with E-state index in [0.29, 0.717) is 15.8 Å². The molecule has 7 heteroatoms. The molecular formula is C13H10N2O3S2. The zero-order valence-electron chi connectivity index (χ0n) is 10.2. The van der Waals surface area contributed by atoms with Gasteiger partial charge in [0.1, 0.15) is 10.6 Å².